The zero-order chi connectivity index (χ0) is 40.7. The number of halogens is 1. The maximum Gasteiger partial charge on any atom is 0.410 e. The first kappa shape index (κ1) is 41.4. The number of amides is 4. The summed E-state index contributed by atoms with van der Waals surface area (Å²) in [7, 11) is -1.85. The third kappa shape index (κ3) is 9.10. The van der Waals surface area contributed by atoms with Gasteiger partial charge in [-0.2, -0.15) is 0 Å². The fraction of sp³-hybridized carbons (Fsp3) is 0.605. The number of hydrogen-bond acceptors (Lipinski definition) is 8. The van der Waals surface area contributed by atoms with Crippen molar-refractivity contribution in [2.45, 2.75) is 96.3 Å². The topological polar surface area (TPSA) is 130 Å². The van der Waals surface area contributed by atoms with Crippen LogP contribution in [0.2, 0.25) is 5.02 Å². The lowest BCUT2D eigenvalue weighted by Crippen LogP contribution is -2.58. The molecule has 14 heteroatoms. The van der Waals surface area contributed by atoms with Crippen LogP contribution in [0.4, 0.5) is 15.3 Å². The van der Waals surface area contributed by atoms with Crippen LogP contribution in [0.25, 0.3) is 0 Å². The molecule has 1 saturated heterocycles. The molecule has 2 bridgehead atoms. The number of anilines is 1. The van der Waals surface area contributed by atoms with Crippen LogP contribution in [-0.2, 0) is 31.2 Å². The normalized spacial score (nSPS) is 31.1. The van der Waals surface area contributed by atoms with Crippen molar-refractivity contribution >= 4 is 45.2 Å². The maximum absolute atomic E-state index is 14.8. The largest absolute Gasteiger partial charge is 0.490 e. The number of carbonyl (C=O) groups is 3. The number of carbonyl (C=O) groups excluding carboxylic acids is 3. The smallest absolute Gasteiger partial charge is 0.410 e. The standard InChI is InChI=1S/C43H58ClN5O7S/c1-28-9-7-11-37(54-6)34-15-12-32(34)24-48-26-43(18-8-10-30-21-33(44)14-16-35(30)43)27-55-38-17-13-31(22-36(38)48)39(50)45-57(53,25-28)46-40(51)47-19-20-49(29(2)23-47)41(52)56-42(3,4)5/h7,11,13-14,16-17,21-22,28-29,32,34,37H,8-10,12,15,18-20,23-27H2,1-6H3,(H,45,46,50,51,53)/b11-7-/t28-,29+,32-,34+,37-,43-,57?/m0/s1. The quantitative estimate of drug-likeness (QED) is 0.307. The third-order valence-electron chi connectivity index (χ3n) is 12.3. The summed E-state index contributed by atoms with van der Waals surface area (Å²) in [5.74, 6) is 0.491. The number of rotatable bonds is 2. The summed E-state index contributed by atoms with van der Waals surface area (Å²) >= 11 is 6.48. The van der Waals surface area contributed by atoms with E-state index in [1.807, 2.05) is 52.8 Å². The van der Waals surface area contributed by atoms with Crippen molar-refractivity contribution in [2.24, 2.45) is 22.1 Å². The van der Waals surface area contributed by atoms with Gasteiger partial charge in [-0.25, -0.2) is 13.8 Å². The zero-order valence-corrected chi connectivity index (χ0v) is 35.7. The molecule has 57 heavy (non-hydrogen) atoms. The third-order valence-corrected chi connectivity index (χ3v) is 14.5. The van der Waals surface area contributed by atoms with E-state index in [2.05, 4.69) is 38.3 Å². The predicted octanol–water partition coefficient (Wildman–Crippen LogP) is 7.62. The number of allylic oxidation sites excluding steroid dienone is 1. The van der Waals surface area contributed by atoms with Gasteiger partial charge in [0, 0.05) is 61.9 Å². The molecule has 3 aliphatic heterocycles. The fourth-order valence-corrected chi connectivity index (χ4v) is 11.4. The van der Waals surface area contributed by atoms with E-state index in [1.54, 1.807) is 18.1 Å². The average Bonchev–Trinajstić information content (AvgIpc) is 3.28. The van der Waals surface area contributed by atoms with Gasteiger partial charge in [-0.1, -0.05) is 36.7 Å². The molecule has 1 N–H and O–H groups in total. The first-order valence-electron chi connectivity index (χ1n) is 20.4. The summed E-state index contributed by atoms with van der Waals surface area (Å²) in [6.45, 7) is 11.8. The number of methoxy groups -OCH3 is 1. The van der Waals surface area contributed by atoms with E-state index in [-0.39, 0.29) is 54.4 Å². The van der Waals surface area contributed by atoms with Crippen LogP contribution in [0.1, 0.15) is 88.2 Å². The Labute approximate surface area is 342 Å². The molecule has 3 heterocycles. The number of urea groups is 1. The summed E-state index contributed by atoms with van der Waals surface area (Å²) < 4.78 is 40.1. The molecule has 7 atom stereocenters. The SMILES string of the molecule is CO[C@H]1/C=C\C[C@H](C)CS(=O)(NC(=O)N2CCN(C(=O)OC(C)(C)C)[C@H](C)C2)=NC(=O)c2ccc3c(c2)N(C[C@@H]2CC[C@H]21)C[C@@]1(CCCc2cc(Cl)ccc21)CO3. The van der Waals surface area contributed by atoms with E-state index >= 15 is 0 Å². The fourth-order valence-electron chi connectivity index (χ4n) is 9.30. The molecule has 0 radical (unpaired) electrons. The van der Waals surface area contributed by atoms with Gasteiger partial charge in [-0.3, -0.25) is 9.52 Å². The number of aryl methyl sites for hydroxylation is 1. The molecule has 2 aromatic rings. The number of piperazine rings is 1. The lowest BCUT2D eigenvalue weighted by atomic mass is 9.68. The second kappa shape index (κ2) is 16.4. The van der Waals surface area contributed by atoms with Crippen LogP contribution in [0.5, 0.6) is 5.75 Å². The molecule has 2 aliphatic carbocycles. The Hall–Kier alpha value is -3.81. The average molecular weight is 824 g/mol. The second-order valence-corrected chi connectivity index (χ2v) is 20.3. The minimum atomic E-state index is -3.60. The lowest BCUT2D eigenvalue weighted by molar-refractivity contribution is 0.00552. The van der Waals surface area contributed by atoms with Crippen LogP contribution in [0.3, 0.4) is 0 Å². The van der Waals surface area contributed by atoms with Gasteiger partial charge >= 0.3 is 12.1 Å². The van der Waals surface area contributed by atoms with Crippen molar-refractivity contribution in [1.82, 2.24) is 14.5 Å². The Kier molecular flexibility index (Phi) is 11.9. The summed E-state index contributed by atoms with van der Waals surface area (Å²) in [5, 5.41) is 0.731. The van der Waals surface area contributed by atoms with Gasteiger partial charge in [0.15, 0.2) is 0 Å². The minimum absolute atomic E-state index is 0.0297. The van der Waals surface area contributed by atoms with Gasteiger partial charge < -0.3 is 28.9 Å². The van der Waals surface area contributed by atoms with Gasteiger partial charge in [-0.05, 0) is 125 Å². The molecule has 1 unspecified atom stereocenters. The van der Waals surface area contributed by atoms with Gasteiger partial charge in [-0.15, -0.1) is 4.36 Å². The molecule has 4 amide bonds. The maximum atomic E-state index is 14.8. The molecular weight excluding hydrogens is 766 g/mol. The van der Waals surface area contributed by atoms with Gasteiger partial charge in [0.2, 0.25) is 0 Å². The molecule has 310 valence electrons. The van der Waals surface area contributed by atoms with E-state index in [0.29, 0.717) is 37.2 Å². The number of fused-ring (bicyclic) bond motifs is 4. The summed E-state index contributed by atoms with van der Waals surface area (Å²) in [6.07, 6.45) is 9.29. The van der Waals surface area contributed by atoms with Crippen molar-refractivity contribution < 1.29 is 32.8 Å². The van der Waals surface area contributed by atoms with Crippen molar-refractivity contribution in [3.63, 3.8) is 0 Å². The Morgan fingerprint density at radius 2 is 1.89 bits per heavy atom. The van der Waals surface area contributed by atoms with Crippen LogP contribution >= 0.6 is 11.6 Å². The molecule has 1 saturated carbocycles. The van der Waals surface area contributed by atoms with Crippen molar-refractivity contribution in [1.29, 1.82) is 0 Å². The first-order chi connectivity index (χ1) is 27.0. The van der Waals surface area contributed by atoms with Crippen LogP contribution in [0, 0.1) is 17.8 Å². The molecule has 1 spiro atoms. The minimum Gasteiger partial charge on any atom is -0.490 e. The lowest BCUT2D eigenvalue weighted by Gasteiger charge is -2.46. The first-order valence-corrected chi connectivity index (χ1v) is 22.5. The second-order valence-electron chi connectivity index (χ2n) is 17.8. The highest BCUT2D eigenvalue weighted by Crippen LogP contribution is 2.47. The van der Waals surface area contributed by atoms with Crippen molar-refractivity contribution in [2.75, 3.05) is 57.1 Å². The Bertz CT molecular complexity index is 2030. The Balaban J connectivity index is 1.21. The zero-order valence-electron chi connectivity index (χ0n) is 34.1. The highest BCUT2D eigenvalue weighted by atomic mass is 35.5. The van der Waals surface area contributed by atoms with Crippen LogP contribution in [0.15, 0.2) is 52.9 Å². The Morgan fingerprint density at radius 3 is 2.61 bits per heavy atom. The molecule has 2 fully saturated rings. The molecule has 12 nitrogen and oxygen atoms in total. The predicted molar refractivity (Wildman–Crippen MR) is 222 cm³/mol. The number of nitrogens with one attached hydrogen (secondary N) is 1. The summed E-state index contributed by atoms with van der Waals surface area (Å²) in [5.41, 5.74) is 2.66. The van der Waals surface area contributed by atoms with Gasteiger partial charge in [0.1, 0.15) is 21.3 Å². The number of ether oxygens (including phenoxy) is 3. The highest BCUT2D eigenvalue weighted by Gasteiger charge is 2.44. The van der Waals surface area contributed by atoms with E-state index in [0.717, 1.165) is 49.4 Å². The van der Waals surface area contributed by atoms with E-state index in [4.69, 9.17) is 25.8 Å². The summed E-state index contributed by atoms with van der Waals surface area (Å²) in [6, 6.07) is 10.6. The number of benzene rings is 2. The molecular formula is C43H58ClN5O7S. The van der Waals surface area contributed by atoms with Gasteiger partial charge in [0.05, 0.1) is 24.2 Å². The van der Waals surface area contributed by atoms with Crippen molar-refractivity contribution in [3.8, 4) is 5.75 Å². The Morgan fingerprint density at radius 1 is 1.09 bits per heavy atom. The van der Waals surface area contributed by atoms with E-state index in [1.165, 1.54) is 16.0 Å². The van der Waals surface area contributed by atoms with Gasteiger partial charge in [0.25, 0.3) is 5.91 Å². The molecule has 0 aromatic heterocycles. The monoisotopic (exact) mass is 823 g/mol. The molecule has 5 aliphatic rings. The van der Waals surface area contributed by atoms with E-state index in [9.17, 15) is 18.6 Å². The van der Waals surface area contributed by atoms with Crippen LogP contribution < -0.4 is 14.4 Å². The van der Waals surface area contributed by atoms with E-state index < -0.39 is 33.5 Å². The number of hydrogen-bond donors (Lipinski definition) is 1. The highest BCUT2D eigenvalue weighted by molar-refractivity contribution is 7.92. The van der Waals surface area contributed by atoms with Crippen molar-refractivity contribution in [3.05, 3.63) is 70.3 Å². The summed E-state index contributed by atoms with van der Waals surface area (Å²) in [4.78, 5) is 46.3. The molecule has 7 rings (SSSR count). The van der Waals surface area contributed by atoms with Crippen LogP contribution in [-0.4, -0.2) is 102 Å². The molecule has 2 aromatic carbocycles. The number of nitrogens with zero attached hydrogens (tertiary/aromatic N) is 4.